The Morgan fingerprint density at radius 2 is 1.83 bits per heavy atom. The molecule has 2 aromatic rings. The fourth-order valence-electron chi connectivity index (χ4n) is 2.31. The maximum atomic E-state index is 13.7. The van der Waals surface area contributed by atoms with Gasteiger partial charge in [-0.2, -0.15) is 0 Å². The number of pyridine rings is 1. The minimum Gasteiger partial charge on any atom is -0.262 e. The second-order valence-corrected chi connectivity index (χ2v) is 5.01. The number of rotatable bonds is 2. The van der Waals surface area contributed by atoms with Gasteiger partial charge in [-0.3, -0.25) is 4.98 Å². The van der Waals surface area contributed by atoms with Crippen LogP contribution < -0.4 is 0 Å². The predicted octanol–water partition coefficient (Wildman–Crippen LogP) is 4.63. The molecule has 0 fully saturated rings. The topological polar surface area (TPSA) is 12.9 Å². The van der Waals surface area contributed by atoms with E-state index >= 15 is 0 Å². The zero-order valence-electron chi connectivity index (χ0n) is 11.3. The van der Waals surface area contributed by atoms with Gasteiger partial charge < -0.3 is 0 Å². The first-order valence-corrected chi connectivity index (χ1v) is 6.22. The van der Waals surface area contributed by atoms with E-state index in [-0.39, 0.29) is 5.82 Å². The van der Waals surface area contributed by atoms with Crippen molar-refractivity contribution in [2.45, 2.75) is 33.6 Å². The van der Waals surface area contributed by atoms with E-state index in [0.717, 1.165) is 27.9 Å². The van der Waals surface area contributed by atoms with E-state index in [0.29, 0.717) is 5.92 Å². The summed E-state index contributed by atoms with van der Waals surface area (Å²) < 4.78 is 13.7. The number of hydrogen-bond acceptors (Lipinski definition) is 1. The summed E-state index contributed by atoms with van der Waals surface area (Å²) >= 11 is 0. The van der Waals surface area contributed by atoms with Crippen LogP contribution in [0, 0.1) is 19.7 Å². The Kier molecular flexibility index (Phi) is 3.46. The monoisotopic (exact) mass is 243 g/mol. The van der Waals surface area contributed by atoms with Crippen LogP contribution in [0.1, 0.15) is 36.6 Å². The zero-order chi connectivity index (χ0) is 13.3. The van der Waals surface area contributed by atoms with Crippen molar-refractivity contribution in [3.05, 3.63) is 53.1 Å². The average Bonchev–Trinajstić information content (AvgIpc) is 2.31. The Bertz CT molecular complexity index is 573. The predicted molar refractivity (Wildman–Crippen MR) is 73.2 cm³/mol. The Morgan fingerprint density at radius 1 is 1.11 bits per heavy atom. The first kappa shape index (κ1) is 12.7. The molecule has 0 bridgehead atoms. The number of aromatic nitrogens is 1. The molecule has 0 saturated heterocycles. The van der Waals surface area contributed by atoms with Gasteiger partial charge in [0, 0.05) is 11.9 Å². The lowest BCUT2D eigenvalue weighted by molar-refractivity contribution is 0.623. The summed E-state index contributed by atoms with van der Waals surface area (Å²) in [6.45, 7) is 8.17. The van der Waals surface area contributed by atoms with Gasteiger partial charge in [0.05, 0.1) is 0 Å². The van der Waals surface area contributed by atoms with Crippen molar-refractivity contribution in [2.24, 2.45) is 0 Å². The molecule has 1 aromatic carbocycles. The van der Waals surface area contributed by atoms with Crippen LogP contribution in [-0.4, -0.2) is 4.98 Å². The molecule has 0 unspecified atom stereocenters. The normalized spacial score (nSPS) is 11.0. The molecule has 94 valence electrons. The fourth-order valence-corrected chi connectivity index (χ4v) is 2.31. The number of halogens is 1. The van der Waals surface area contributed by atoms with E-state index in [2.05, 4.69) is 25.8 Å². The summed E-state index contributed by atoms with van der Waals surface area (Å²) in [7, 11) is 0. The van der Waals surface area contributed by atoms with Gasteiger partial charge in [-0.15, -0.1) is 0 Å². The molecule has 2 heteroatoms. The summed E-state index contributed by atoms with van der Waals surface area (Å²) in [5.41, 5.74) is 5.16. The van der Waals surface area contributed by atoms with Crippen molar-refractivity contribution >= 4 is 0 Å². The number of aryl methyl sites for hydroxylation is 1. The van der Waals surface area contributed by atoms with Crippen molar-refractivity contribution in [3.63, 3.8) is 0 Å². The smallest absolute Gasteiger partial charge is 0.124 e. The number of benzene rings is 1. The molecule has 1 heterocycles. The lowest BCUT2D eigenvalue weighted by Crippen LogP contribution is -1.97. The van der Waals surface area contributed by atoms with Crippen LogP contribution >= 0.6 is 0 Å². The highest BCUT2D eigenvalue weighted by atomic mass is 19.1. The lowest BCUT2D eigenvalue weighted by atomic mass is 9.91. The molecule has 2 rings (SSSR count). The van der Waals surface area contributed by atoms with Crippen molar-refractivity contribution < 1.29 is 4.39 Å². The molecule has 0 radical (unpaired) electrons. The van der Waals surface area contributed by atoms with E-state index < -0.39 is 0 Å². The van der Waals surface area contributed by atoms with Crippen LogP contribution in [0.5, 0.6) is 0 Å². The van der Waals surface area contributed by atoms with E-state index in [1.165, 1.54) is 0 Å². The van der Waals surface area contributed by atoms with Gasteiger partial charge in [-0.1, -0.05) is 13.8 Å². The first-order valence-electron chi connectivity index (χ1n) is 6.22. The van der Waals surface area contributed by atoms with Crippen LogP contribution in [0.3, 0.4) is 0 Å². The maximum absolute atomic E-state index is 13.7. The first-order chi connectivity index (χ1) is 8.49. The fraction of sp³-hybridized carbons (Fsp3) is 0.312. The van der Waals surface area contributed by atoms with Crippen LogP contribution in [0.15, 0.2) is 30.5 Å². The third-order valence-electron chi connectivity index (χ3n) is 3.24. The summed E-state index contributed by atoms with van der Waals surface area (Å²) in [6.07, 6.45) is 1.77. The molecule has 0 saturated carbocycles. The number of hydrogen-bond donors (Lipinski definition) is 0. The van der Waals surface area contributed by atoms with Crippen LogP contribution in [0.25, 0.3) is 11.1 Å². The Labute approximate surface area is 108 Å². The maximum Gasteiger partial charge on any atom is 0.124 e. The van der Waals surface area contributed by atoms with Gasteiger partial charge in [0.1, 0.15) is 5.82 Å². The molecule has 18 heavy (non-hydrogen) atoms. The number of nitrogens with zero attached hydrogens (tertiary/aromatic N) is 1. The summed E-state index contributed by atoms with van der Waals surface area (Å²) in [5, 5.41) is 0. The van der Waals surface area contributed by atoms with E-state index in [9.17, 15) is 4.39 Å². The van der Waals surface area contributed by atoms with E-state index in [1.807, 2.05) is 19.1 Å². The minimum atomic E-state index is -0.172. The second-order valence-electron chi connectivity index (χ2n) is 5.01. The molecule has 0 N–H and O–H groups in total. The van der Waals surface area contributed by atoms with Crippen molar-refractivity contribution in [1.29, 1.82) is 0 Å². The van der Waals surface area contributed by atoms with Gasteiger partial charge in [-0.05, 0) is 66.3 Å². The molecule has 0 amide bonds. The highest BCUT2D eigenvalue weighted by Crippen LogP contribution is 2.30. The zero-order valence-corrected chi connectivity index (χ0v) is 11.3. The highest BCUT2D eigenvalue weighted by molar-refractivity contribution is 5.69. The molecule has 0 aliphatic heterocycles. The molecule has 0 aliphatic rings. The summed E-state index contributed by atoms with van der Waals surface area (Å²) in [6, 6.07) is 7.16. The van der Waals surface area contributed by atoms with Gasteiger partial charge in [0.25, 0.3) is 0 Å². The van der Waals surface area contributed by atoms with E-state index in [1.54, 1.807) is 18.3 Å². The molecule has 0 spiro atoms. The van der Waals surface area contributed by atoms with Crippen LogP contribution in [0.4, 0.5) is 4.39 Å². The van der Waals surface area contributed by atoms with Gasteiger partial charge in [0.2, 0.25) is 0 Å². The summed E-state index contributed by atoms with van der Waals surface area (Å²) in [4.78, 5) is 4.18. The van der Waals surface area contributed by atoms with E-state index in [4.69, 9.17) is 0 Å². The van der Waals surface area contributed by atoms with Crippen molar-refractivity contribution in [3.8, 4) is 11.1 Å². The van der Waals surface area contributed by atoms with Crippen molar-refractivity contribution in [2.75, 3.05) is 0 Å². The minimum absolute atomic E-state index is 0.172. The van der Waals surface area contributed by atoms with Gasteiger partial charge >= 0.3 is 0 Å². The standard InChI is InChI=1S/C16H18FN/c1-10(2)15-8-14(17)9-16(12(15)4)13-5-6-18-11(3)7-13/h5-10H,1-4H3. The SMILES string of the molecule is Cc1cc(-c2cc(F)cc(C(C)C)c2C)ccn1. The van der Waals surface area contributed by atoms with Crippen LogP contribution in [-0.2, 0) is 0 Å². The Morgan fingerprint density at radius 3 is 2.44 bits per heavy atom. The molecular formula is C16H18FN. The third-order valence-corrected chi connectivity index (χ3v) is 3.24. The highest BCUT2D eigenvalue weighted by Gasteiger charge is 2.11. The van der Waals surface area contributed by atoms with Crippen LogP contribution in [0.2, 0.25) is 0 Å². The second kappa shape index (κ2) is 4.89. The van der Waals surface area contributed by atoms with Gasteiger partial charge in [-0.25, -0.2) is 4.39 Å². The Hall–Kier alpha value is -1.70. The molecule has 1 aromatic heterocycles. The molecule has 1 nitrogen and oxygen atoms in total. The largest absolute Gasteiger partial charge is 0.262 e. The summed E-state index contributed by atoms with van der Waals surface area (Å²) in [5.74, 6) is 0.149. The quantitative estimate of drug-likeness (QED) is 0.749. The molecular weight excluding hydrogens is 225 g/mol. The molecule has 0 aliphatic carbocycles. The Balaban J connectivity index is 2.64. The van der Waals surface area contributed by atoms with Gasteiger partial charge in [0.15, 0.2) is 0 Å². The third kappa shape index (κ3) is 2.42. The average molecular weight is 243 g/mol. The molecule has 0 atom stereocenters. The lowest BCUT2D eigenvalue weighted by Gasteiger charge is -2.15. The van der Waals surface area contributed by atoms with Crippen molar-refractivity contribution in [1.82, 2.24) is 4.98 Å².